The molecule has 2 heterocycles. The van der Waals surface area contributed by atoms with Crippen LogP contribution in [0.2, 0.25) is 0 Å². The van der Waals surface area contributed by atoms with Crippen LogP contribution in [0.15, 0.2) is 28.7 Å². The van der Waals surface area contributed by atoms with Crippen LogP contribution in [-0.4, -0.2) is 18.1 Å². The van der Waals surface area contributed by atoms with Crippen LogP contribution in [0, 0.1) is 0 Å². The zero-order valence-corrected chi connectivity index (χ0v) is 9.28. The van der Waals surface area contributed by atoms with Crippen molar-refractivity contribution in [2.24, 2.45) is 0 Å². The first kappa shape index (κ1) is 9.85. The van der Waals surface area contributed by atoms with Gasteiger partial charge in [-0.15, -0.1) is 0 Å². The van der Waals surface area contributed by atoms with E-state index in [-0.39, 0.29) is 0 Å². The second kappa shape index (κ2) is 4.26. The quantitative estimate of drug-likeness (QED) is 0.796. The highest BCUT2D eigenvalue weighted by atomic mass is 16.3. The van der Waals surface area contributed by atoms with E-state index in [2.05, 4.69) is 10.3 Å². The van der Waals surface area contributed by atoms with E-state index in [9.17, 15) is 0 Å². The molecule has 0 aliphatic carbocycles. The number of fused-ring (bicyclic) bond motifs is 1. The van der Waals surface area contributed by atoms with Crippen molar-refractivity contribution in [3.63, 3.8) is 0 Å². The molecule has 1 aromatic carbocycles. The standard InChI is InChI=1S/C13H16N2O/c1-2-6-12-11(5-1)15-13(16-12)10-4-3-8-14-9-7-10/h1-2,5-6,10,14H,3-4,7-9H2/t10-/m1/s1. The van der Waals surface area contributed by atoms with Gasteiger partial charge in [-0.05, 0) is 44.5 Å². The Morgan fingerprint density at radius 3 is 3.06 bits per heavy atom. The number of nitrogens with zero attached hydrogens (tertiary/aromatic N) is 1. The Kier molecular flexibility index (Phi) is 2.62. The fourth-order valence-corrected chi connectivity index (χ4v) is 2.33. The molecule has 0 amide bonds. The van der Waals surface area contributed by atoms with Crippen LogP contribution >= 0.6 is 0 Å². The number of aromatic nitrogens is 1. The van der Waals surface area contributed by atoms with Crippen molar-refractivity contribution < 1.29 is 4.42 Å². The van der Waals surface area contributed by atoms with Gasteiger partial charge in [0.1, 0.15) is 5.52 Å². The van der Waals surface area contributed by atoms with Gasteiger partial charge < -0.3 is 9.73 Å². The number of rotatable bonds is 1. The molecule has 1 saturated heterocycles. The molecule has 1 aliphatic rings. The minimum absolute atomic E-state index is 0.488. The van der Waals surface area contributed by atoms with Crippen molar-refractivity contribution in [2.45, 2.75) is 25.2 Å². The molecule has 1 atom stereocenters. The van der Waals surface area contributed by atoms with Crippen LogP contribution in [0.25, 0.3) is 11.1 Å². The number of para-hydroxylation sites is 2. The fraction of sp³-hybridized carbons (Fsp3) is 0.462. The highest BCUT2D eigenvalue weighted by molar-refractivity contribution is 5.72. The van der Waals surface area contributed by atoms with E-state index in [1.165, 1.54) is 12.8 Å². The summed E-state index contributed by atoms with van der Waals surface area (Å²) in [6, 6.07) is 7.99. The third-order valence-electron chi connectivity index (χ3n) is 3.24. The zero-order valence-electron chi connectivity index (χ0n) is 9.28. The maximum Gasteiger partial charge on any atom is 0.198 e. The Morgan fingerprint density at radius 1 is 1.19 bits per heavy atom. The molecule has 1 fully saturated rings. The molecule has 3 rings (SSSR count). The Hall–Kier alpha value is -1.35. The van der Waals surface area contributed by atoms with Gasteiger partial charge in [0.2, 0.25) is 0 Å². The van der Waals surface area contributed by atoms with Crippen LogP contribution < -0.4 is 5.32 Å². The molecule has 3 heteroatoms. The lowest BCUT2D eigenvalue weighted by molar-refractivity contribution is 0.444. The van der Waals surface area contributed by atoms with E-state index < -0.39 is 0 Å². The second-order valence-electron chi connectivity index (χ2n) is 4.40. The molecule has 1 N–H and O–H groups in total. The number of hydrogen-bond donors (Lipinski definition) is 1. The van der Waals surface area contributed by atoms with Gasteiger partial charge in [0.15, 0.2) is 11.5 Å². The van der Waals surface area contributed by atoms with Gasteiger partial charge in [-0.2, -0.15) is 0 Å². The number of nitrogens with one attached hydrogen (secondary N) is 1. The predicted octanol–water partition coefficient (Wildman–Crippen LogP) is 2.68. The molecule has 2 aromatic rings. The highest BCUT2D eigenvalue weighted by Gasteiger charge is 2.19. The predicted molar refractivity (Wildman–Crippen MR) is 63.5 cm³/mol. The Bertz CT molecular complexity index is 436. The summed E-state index contributed by atoms with van der Waals surface area (Å²) in [5.41, 5.74) is 1.89. The summed E-state index contributed by atoms with van der Waals surface area (Å²) in [6.45, 7) is 2.19. The molecule has 3 nitrogen and oxygen atoms in total. The molecule has 1 aliphatic heterocycles. The maximum atomic E-state index is 5.82. The summed E-state index contributed by atoms with van der Waals surface area (Å²) >= 11 is 0. The maximum absolute atomic E-state index is 5.82. The van der Waals surface area contributed by atoms with E-state index in [1.807, 2.05) is 24.3 Å². The average molecular weight is 216 g/mol. The third kappa shape index (κ3) is 1.83. The van der Waals surface area contributed by atoms with Gasteiger partial charge in [0, 0.05) is 5.92 Å². The summed E-state index contributed by atoms with van der Waals surface area (Å²) < 4.78 is 5.82. The highest BCUT2D eigenvalue weighted by Crippen LogP contribution is 2.28. The van der Waals surface area contributed by atoms with Crippen LogP contribution in [0.5, 0.6) is 0 Å². The summed E-state index contributed by atoms with van der Waals surface area (Å²) in [5.74, 6) is 1.41. The number of hydrogen-bond acceptors (Lipinski definition) is 3. The Balaban J connectivity index is 1.92. The van der Waals surface area contributed by atoms with E-state index in [0.29, 0.717) is 5.92 Å². The van der Waals surface area contributed by atoms with E-state index in [0.717, 1.165) is 36.5 Å². The van der Waals surface area contributed by atoms with Gasteiger partial charge >= 0.3 is 0 Å². The largest absolute Gasteiger partial charge is 0.440 e. The van der Waals surface area contributed by atoms with Crippen molar-refractivity contribution in [2.75, 3.05) is 13.1 Å². The molecule has 0 bridgehead atoms. The van der Waals surface area contributed by atoms with Gasteiger partial charge in [0.25, 0.3) is 0 Å². The summed E-state index contributed by atoms with van der Waals surface area (Å²) in [5, 5.41) is 3.41. The lowest BCUT2D eigenvalue weighted by Crippen LogP contribution is -2.13. The second-order valence-corrected chi connectivity index (χ2v) is 4.40. The van der Waals surface area contributed by atoms with Crippen molar-refractivity contribution >= 4 is 11.1 Å². The molecule has 0 spiro atoms. The van der Waals surface area contributed by atoms with Crippen LogP contribution in [0.1, 0.15) is 31.1 Å². The molecule has 0 radical (unpaired) electrons. The molecule has 84 valence electrons. The first-order valence-electron chi connectivity index (χ1n) is 6.00. The van der Waals surface area contributed by atoms with Crippen LogP contribution in [0.3, 0.4) is 0 Å². The normalized spacial score (nSPS) is 22.1. The summed E-state index contributed by atoms with van der Waals surface area (Å²) in [4.78, 5) is 4.58. The summed E-state index contributed by atoms with van der Waals surface area (Å²) in [6.07, 6.45) is 3.52. The Labute approximate surface area is 94.9 Å². The molecule has 0 saturated carbocycles. The van der Waals surface area contributed by atoms with Crippen LogP contribution in [0.4, 0.5) is 0 Å². The minimum atomic E-state index is 0.488. The first-order valence-corrected chi connectivity index (χ1v) is 6.00. The van der Waals surface area contributed by atoms with E-state index in [4.69, 9.17) is 4.42 Å². The van der Waals surface area contributed by atoms with Crippen molar-refractivity contribution in [1.29, 1.82) is 0 Å². The van der Waals surface area contributed by atoms with Crippen molar-refractivity contribution in [3.8, 4) is 0 Å². The number of benzene rings is 1. The molecular weight excluding hydrogens is 200 g/mol. The van der Waals surface area contributed by atoms with Gasteiger partial charge in [-0.25, -0.2) is 4.98 Å². The van der Waals surface area contributed by atoms with Gasteiger partial charge in [0.05, 0.1) is 0 Å². The van der Waals surface area contributed by atoms with Gasteiger partial charge in [-0.3, -0.25) is 0 Å². The van der Waals surface area contributed by atoms with Gasteiger partial charge in [-0.1, -0.05) is 12.1 Å². The van der Waals surface area contributed by atoms with E-state index in [1.54, 1.807) is 0 Å². The molecule has 16 heavy (non-hydrogen) atoms. The van der Waals surface area contributed by atoms with E-state index >= 15 is 0 Å². The zero-order chi connectivity index (χ0) is 10.8. The number of oxazole rings is 1. The fourth-order valence-electron chi connectivity index (χ4n) is 2.33. The molecular formula is C13H16N2O. The van der Waals surface area contributed by atoms with Crippen molar-refractivity contribution in [3.05, 3.63) is 30.2 Å². The third-order valence-corrected chi connectivity index (χ3v) is 3.24. The topological polar surface area (TPSA) is 38.1 Å². The minimum Gasteiger partial charge on any atom is -0.440 e. The SMILES string of the molecule is c1ccc2oc([C@@H]3CCCNCC3)nc2c1. The first-order chi connectivity index (χ1) is 7.93. The lowest BCUT2D eigenvalue weighted by atomic mass is 10.0. The lowest BCUT2D eigenvalue weighted by Gasteiger charge is -2.07. The Morgan fingerprint density at radius 2 is 2.12 bits per heavy atom. The van der Waals surface area contributed by atoms with Crippen LogP contribution in [-0.2, 0) is 0 Å². The smallest absolute Gasteiger partial charge is 0.198 e. The molecule has 0 unspecified atom stereocenters. The van der Waals surface area contributed by atoms with Crippen molar-refractivity contribution in [1.82, 2.24) is 10.3 Å². The summed E-state index contributed by atoms with van der Waals surface area (Å²) in [7, 11) is 0. The molecule has 1 aromatic heterocycles. The average Bonchev–Trinajstić information content (AvgIpc) is 2.56. The monoisotopic (exact) mass is 216 g/mol.